The van der Waals surface area contributed by atoms with Crippen molar-refractivity contribution in [1.29, 1.82) is 0 Å². The third-order valence-corrected chi connectivity index (χ3v) is 3.82. The van der Waals surface area contributed by atoms with E-state index in [0.29, 0.717) is 21.5 Å². The highest BCUT2D eigenvalue weighted by Crippen LogP contribution is 2.31. The summed E-state index contributed by atoms with van der Waals surface area (Å²) >= 11 is 4.49. The Morgan fingerprint density at radius 2 is 2.19 bits per heavy atom. The fourth-order valence-corrected chi connectivity index (χ4v) is 2.64. The maximum atomic E-state index is 9.94. The van der Waals surface area contributed by atoms with Crippen molar-refractivity contribution in [1.82, 2.24) is 4.98 Å². The third kappa shape index (κ3) is 2.06. The lowest BCUT2D eigenvalue weighted by Crippen LogP contribution is -2.19. The van der Waals surface area contributed by atoms with Crippen molar-refractivity contribution in [2.45, 2.75) is 12.2 Å². The van der Waals surface area contributed by atoms with E-state index in [1.165, 1.54) is 11.3 Å². The van der Waals surface area contributed by atoms with Gasteiger partial charge in [-0.3, -0.25) is 0 Å². The van der Waals surface area contributed by atoms with E-state index in [2.05, 4.69) is 20.9 Å². The molecule has 2 atom stereocenters. The molecule has 0 aliphatic rings. The normalized spacial score (nSPS) is 15.2. The molecule has 0 saturated carbocycles. The predicted octanol–water partition coefficient (Wildman–Crippen LogP) is 1.67. The lowest BCUT2D eigenvalue weighted by Gasteiger charge is -2.15. The summed E-state index contributed by atoms with van der Waals surface area (Å²) < 4.78 is 0.913. The largest absolute Gasteiger partial charge is 0.389 e. The first-order chi connectivity index (χ1) is 7.63. The number of nitrogens with zero attached hydrogens (tertiary/aromatic N) is 1. The van der Waals surface area contributed by atoms with Crippen molar-refractivity contribution >= 4 is 42.6 Å². The molecule has 6 heteroatoms. The molecule has 0 saturated heterocycles. The van der Waals surface area contributed by atoms with Gasteiger partial charge in [0.2, 0.25) is 0 Å². The Morgan fingerprint density at radius 3 is 2.88 bits per heavy atom. The van der Waals surface area contributed by atoms with Gasteiger partial charge in [0, 0.05) is 10.9 Å². The molecule has 86 valence electrons. The van der Waals surface area contributed by atoms with E-state index in [9.17, 15) is 10.2 Å². The van der Waals surface area contributed by atoms with Crippen LogP contribution in [0.1, 0.15) is 11.7 Å². The first kappa shape index (κ1) is 11.8. The van der Waals surface area contributed by atoms with Crippen LogP contribution in [0.3, 0.4) is 0 Å². The van der Waals surface area contributed by atoms with E-state index in [-0.39, 0.29) is 0 Å². The molecule has 1 aromatic carbocycles. The molecule has 4 N–H and O–H groups in total. The number of aliphatic hydroxyl groups is 2. The topological polar surface area (TPSA) is 79.4 Å². The van der Waals surface area contributed by atoms with Gasteiger partial charge in [-0.05, 0) is 6.07 Å². The van der Waals surface area contributed by atoms with Crippen LogP contribution in [-0.2, 0) is 0 Å². The number of aromatic nitrogens is 1. The zero-order valence-electron chi connectivity index (χ0n) is 8.30. The summed E-state index contributed by atoms with van der Waals surface area (Å²) in [4.78, 5) is 4.16. The number of halogens is 1. The fraction of sp³-hybridized carbons (Fsp3) is 0.300. The molecule has 2 aromatic rings. The van der Waals surface area contributed by atoms with Crippen molar-refractivity contribution in [2.75, 3.05) is 11.1 Å². The smallest absolute Gasteiger partial charge is 0.181 e. The lowest BCUT2D eigenvalue weighted by molar-refractivity contribution is 0.0351. The number of nitrogen functional groups attached to an aromatic ring is 1. The maximum absolute atomic E-state index is 9.94. The summed E-state index contributed by atoms with van der Waals surface area (Å²) in [5, 5.41) is 20.3. The first-order valence-electron chi connectivity index (χ1n) is 4.70. The average Bonchev–Trinajstić information content (AvgIpc) is 2.66. The summed E-state index contributed by atoms with van der Waals surface area (Å²) in [6.07, 6.45) is -1.81. The van der Waals surface area contributed by atoms with Gasteiger partial charge >= 0.3 is 0 Å². The van der Waals surface area contributed by atoms with Crippen LogP contribution in [0.25, 0.3) is 10.2 Å². The van der Waals surface area contributed by atoms with Crippen molar-refractivity contribution < 1.29 is 10.2 Å². The van der Waals surface area contributed by atoms with E-state index in [1.54, 1.807) is 6.07 Å². The second kappa shape index (κ2) is 4.67. The number of hydrogen-bond acceptors (Lipinski definition) is 5. The molecule has 2 rings (SSSR count). The van der Waals surface area contributed by atoms with Gasteiger partial charge in [-0.15, -0.1) is 0 Å². The van der Waals surface area contributed by atoms with Crippen LogP contribution in [0.5, 0.6) is 0 Å². The van der Waals surface area contributed by atoms with Crippen LogP contribution in [-0.4, -0.2) is 26.6 Å². The highest BCUT2D eigenvalue weighted by molar-refractivity contribution is 9.09. The molecular formula is C10H11BrN2O2S. The Kier molecular flexibility index (Phi) is 3.44. The Balaban J connectivity index is 2.51. The van der Waals surface area contributed by atoms with Crippen molar-refractivity contribution in [2.24, 2.45) is 0 Å². The molecule has 0 spiro atoms. The predicted molar refractivity (Wildman–Crippen MR) is 68.8 cm³/mol. The molecule has 0 radical (unpaired) electrons. The average molecular weight is 303 g/mol. The van der Waals surface area contributed by atoms with Gasteiger partial charge < -0.3 is 15.9 Å². The Morgan fingerprint density at radius 1 is 1.44 bits per heavy atom. The highest BCUT2D eigenvalue weighted by Gasteiger charge is 2.20. The Labute approximate surface area is 105 Å². The summed E-state index contributed by atoms with van der Waals surface area (Å²) in [6, 6.07) is 5.46. The van der Waals surface area contributed by atoms with Gasteiger partial charge in [-0.25, -0.2) is 4.98 Å². The molecule has 1 aromatic heterocycles. The van der Waals surface area contributed by atoms with Gasteiger partial charge in [0.05, 0.1) is 16.3 Å². The summed E-state index contributed by atoms with van der Waals surface area (Å²) in [7, 11) is 0. The minimum atomic E-state index is -0.954. The van der Waals surface area contributed by atoms with Crippen molar-refractivity contribution in [3.8, 4) is 0 Å². The number of fused-ring (bicyclic) bond motifs is 1. The summed E-state index contributed by atoms with van der Waals surface area (Å²) in [6.45, 7) is 0. The van der Waals surface area contributed by atoms with Crippen LogP contribution < -0.4 is 5.73 Å². The zero-order chi connectivity index (χ0) is 11.7. The Bertz CT molecular complexity index is 503. The minimum Gasteiger partial charge on any atom is -0.389 e. The van der Waals surface area contributed by atoms with Crippen LogP contribution in [0, 0.1) is 0 Å². The molecule has 16 heavy (non-hydrogen) atoms. The van der Waals surface area contributed by atoms with Crippen LogP contribution in [0.2, 0.25) is 0 Å². The molecule has 0 fully saturated rings. The SMILES string of the molecule is Nc1nc2c(C(O)C(O)CBr)cccc2s1. The van der Waals surface area contributed by atoms with Crippen LogP contribution in [0.4, 0.5) is 5.13 Å². The standard InChI is InChI=1S/C10H11BrN2O2S/c11-4-6(14)9(15)5-2-1-3-7-8(5)13-10(12)16-7/h1-3,6,9,14-15H,4H2,(H2,12,13). The molecule has 1 heterocycles. The maximum Gasteiger partial charge on any atom is 0.181 e. The van der Waals surface area contributed by atoms with E-state index in [4.69, 9.17) is 5.73 Å². The fourth-order valence-electron chi connectivity index (χ4n) is 1.52. The monoisotopic (exact) mass is 302 g/mol. The molecule has 0 aliphatic heterocycles. The number of hydrogen-bond donors (Lipinski definition) is 3. The number of aliphatic hydroxyl groups excluding tert-OH is 2. The van der Waals surface area contributed by atoms with Crippen molar-refractivity contribution in [3.63, 3.8) is 0 Å². The number of rotatable bonds is 3. The van der Waals surface area contributed by atoms with Crippen LogP contribution in [0.15, 0.2) is 18.2 Å². The molecule has 0 bridgehead atoms. The summed E-state index contributed by atoms with van der Waals surface area (Å²) in [5.74, 6) is 0. The second-order valence-electron chi connectivity index (χ2n) is 3.41. The molecular weight excluding hydrogens is 292 g/mol. The van der Waals surface area contributed by atoms with Gasteiger partial charge in [0.25, 0.3) is 0 Å². The minimum absolute atomic E-state index is 0.310. The van der Waals surface area contributed by atoms with E-state index in [0.717, 1.165) is 4.70 Å². The number of thiazole rings is 1. The highest BCUT2D eigenvalue weighted by atomic mass is 79.9. The number of anilines is 1. The van der Waals surface area contributed by atoms with E-state index >= 15 is 0 Å². The molecule has 0 aliphatic carbocycles. The summed E-state index contributed by atoms with van der Waals surface area (Å²) in [5.41, 5.74) is 6.90. The Hall–Kier alpha value is -0.690. The quantitative estimate of drug-likeness (QED) is 0.754. The van der Waals surface area contributed by atoms with Crippen LogP contribution >= 0.6 is 27.3 Å². The van der Waals surface area contributed by atoms with E-state index in [1.807, 2.05) is 12.1 Å². The number of para-hydroxylation sites is 1. The second-order valence-corrected chi connectivity index (χ2v) is 5.12. The van der Waals surface area contributed by atoms with Gasteiger partial charge in [0.1, 0.15) is 6.10 Å². The molecule has 4 nitrogen and oxygen atoms in total. The first-order valence-corrected chi connectivity index (χ1v) is 6.64. The number of alkyl halides is 1. The number of nitrogens with two attached hydrogens (primary N) is 1. The number of benzene rings is 1. The van der Waals surface area contributed by atoms with Gasteiger partial charge in [0.15, 0.2) is 5.13 Å². The van der Waals surface area contributed by atoms with Gasteiger partial charge in [-0.1, -0.05) is 39.4 Å². The lowest BCUT2D eigenvalue weighted by atomic mass is 10.0. The molecule has 0 amide bonds. The molecule has 2 unspecified atom stereocenters. The zero-order valence-corrected chi connectivity index (χ0v) is 10.7. The van der Waals surface area contributed by atoms with E-state index < -0.39 is 12.2 Å². The third-order valence-electron chi connectivity index (χ3n) is 2.31. The van der Waals surface area contributed by atoms with Gasteiger partial charge in [-0.2, -0.15) is 0 Å². The van der Waals surface area contributed by atoms with Crippen molar-refractivity contribution in [3.05, 3.63) is 23.8 Å².